The summed E-state index contributed by atoms with van der Waals surface area (Å²) in [6.45, 7) is 4.74. The van der Waals surface area contributed by atoms with E-state index in [9.17, 15) is 41.2 Å². The van der Waals surface area contributed by atoms with Crippen LogP contribution in [0, 0.1) is 18.3 Å². The number of hydrogen-bond acceptors (Lipinski definition) is 7. The first kappa shape index (κ1) is 33.6. The summed E-state index contributed by atoms with van der Waals surface area (Å²) in [7, 11) is 1.35. The normalized spacial score (nSPS) is 12.5. The van der Waals surface area contributed by atoms with Crippen LogP contribution in [0.3, 0.4) is 0 Å². The van der Waals surface area contributed by atoms with Crippen molar-refractivity contribution in [2.75, 3.05) is 17.7 Å². The highest BCUT2D eigenvalue weighted by Crippen LogP contribution is 2.41. The van der Waals surface area contributed by atoms with Crippen molar-refractivity contribution in [3.63, 3.8) is 0 Å². The molecule has 2 aromatic heterocycles. The van der Waals surface area contributed by atoms with Crippen molar-refractivity contribution in [2.24, 2.45) is 4.99 Å². The zero-order valence-corrected chi connectivity index (χ0v) is 24.1. The second-order valence-corrected chi connectivity index (χ2v) is 9.57. The standard InChI is InChI=1S/C27H23ClF6N8O2/c1-5-6-37-23(14(3)28)42-19(25(44)40-22-13(2)7-15(11-35)8-16(22)24(43)36-4)10-21(41-42)39-20-9-17(26(29,30)31)18(12-38-20)27(32,33)34/h6-10,12H,5H2,1-4H3,(H,36,43)(H,40,44)(H,38,39,41)/b23-14-,37-6-. The molecule has 44 heavy (non-hydrogen) atoms. The second-order valence-electron chi connectivity index (χ2n) is 9.00. The SMILES string of the molecule is CC/C=N\C(=C(/C)Cl)n1nc(Nc2cc(C(F)(F)F)c(C(F)(F)F)cn2)cc1C(=O)Nc1c(C)cc(C#N)cc1C(=O)NC. The van der Waals surface area contributed by atoms with Crippen LogP contribution in [0.5, 0.6) is 0 Å². The van der Waals surface area contributed by atoms with Gasteiger partial charge in [-0.1, -0.05) is 18.5 Å². The third-order valence-corrected chi connectivity index (χ3v) is 5.96. The number of nitriles is 1. The number of carbonyl (C=O) groups is 2. The second kappa shape index (κ2) is 13.2. The number of rotatable bonds is 8. The number of benzene rings is 1. The smallest absolute Gasteiger partial charge is 0.355 e. The largest absolute Gasteiger partial charge is 0.418 e. The Hall–Kier alpha value is -4.91. The third kappa shape index (κ3) is 7.53. The summed E-state index contributed by atoms with van der Waals surface area (Å²) >= 11 is 6.22. The van der Waals surface area contributed by atoms with Gasteiger partial charge in [0.2, 0.25) is 0 Å². The number of halogens is 7. The van der Waals surface area contributed by atoms with Gasteiger partial charge in [-0.2, -0.15) is 31.6 Å². The molecule has 232 valence electrons. The monoisotopic (exact) mass is 640 g/mol. The first-order valence-electron chi connectivity index (χ1n) is 12.5. The van der Waals surface area contributed by atoms with Gasteiger partial charge < -0.3 is 16.0 Å². The van der Waals surface area contributed by atoms with Gasteiger partial charge in [-0.25, -0.2) is 14.7 Å². The lowest BCUT2D eigenvalue weighted by molar-refractivity contribution is -0.162. The molecule has 0 aliphatic carbocycles. The first-order valence-corrected chi connectivity index (χ1v) is 12.9. The maximum atomic E-state index is 13.6. The maximum absolute atomic E-state index is 13.6. The summed E-state index contributed by atoms with van der Waals surface area (Å²) in [6.07, 6.45) is -8.77. The number of amides is 2. The van der Waals surface area contributed by atoms with Crippen LogP contribution in [0.4, 0.5) is 43.7 Å². The van der Waals surface area contributed by atoms with Crippen LogP contribution in [0.1, 0.15) is 63.4 Å². The fourth-order valence-electron chi connectivity index (χ4n) is 3.86. The Morgan fingerprint density at radius 2 is 1.73 bits per heavy atom. The zero-order chi connectivity index (χ0) is 33.0. The highest BCUT2D eigenvalue weighted by molar-refractivity contribution is 6.31. The minimum Gasteiger partial charge on any atom is -0.355 e. The molecule has 1 aromatic carbocycles. The number of nitrogens with zero attached hydrogens (tertiary/aromatic N) is 5. The molecule has 0 bridgehead atoms. The van der Waals surface area contributed by atoms with E-state index < -0.39 is 41.1 Å². The van der Waals surface area contributed by atoms with Crippen molar-refractivity contribution in [3.05, 3.63) is 69.0 Å². The van der Waals surface area contributed by atoms with Gasteiger partial charge in [0.15, 0.2) is 11.6 Å². The first-order chi connectivity index (χ1) is 20.5. The van der Waals surface area contributed by atoms with Gasteiger partial charge >= 0.3 is 12.4 Å². The van der Waals surface area contributed by atoms with Crippen LogP contribution >= 0.6 is 11.6 Å². The topological polar surface area (TPSA) is 137 Å². The molecule has 0 spiro atoms. The highest BCUT2D eigenvalue weighted by atomic mass is 35.5. The number of nitrogens with one attached hydrogen (secondary N) is 3. The van der Waals surface area contributed by atoms with E-state index in [1.165, 1.54) is 32.3 Å². The molecule has 0 radical (unpaired) electrons. The van der Waals surface area contributed by atoms with Gasteiger partial charge in [0, 0.05) is 25.5 Å². The average Bonchev–Trinajstić information content (AvgIpc) is 3.35. The molecule has 2 amide bonds. The Morgan fingerprint density at radius 3 is 2.27 bits per heavy atom. The number of anilines is 3. The molecule has 3 rings (SSSR count). The number of allylic oxidation sites excluding steroid dienone is 1. The van der Waals surface area contributed by atoms with E-state index in [1.807, 2.05) is 6.07 Å². The molecule has 0 saturated carbocycles. The van der Waals surface area contributed by atoms with E-state index >= 15 is 0 Å². The molecular formula is C27H23ClF6N8O2. The van der Waals surface area contributed by atoms with Crippen LogP contribution in [0.15, 0.2) is 40.5 Å². The van der Waals surface area contributed by atoms with E-state index in [4.69, 9.17) is 11.6 Å². The molecule has 0 aliphatic rings. The summed E-state index contributed by atoms with van der Waals surface area (Å²) in [4.78, 5) is 33.8. The van der Waals surface area contributed by atoms with Crippen LogP contribution in [-0.2, 0) is 12.4 Å². The third-order valence-electron chi connectivity index (χ3n) is 5.79. The van der Waals surface area contributed by atoms with Crippen molar-refractivity contribution in [3.8, 4) is 6.07 Å². The number of carbonyl (C=O) groups excluding carboxylic acids is 2. The number of pyridine rings is 1. The molecule has 0 aliphatic heterocycles. The van der Waals surface area contributed by atoms with Gasteiger partial charge in [0.05, 0.1) is 39.0 Å². The van der Waals surface area contributed by atoms with E-state index in [0.717, 1.165) is 10.7 Å². The van der Waals surface area contributed by atoms with Crippen LogP contribution in [0.25, 0.3) is 5.82 Å². The molecule has 2 heterocycles. The van der Waals surface area contributed by atoms with Gasteiger partial charge in [0.1, 0.15) is 11.5 Å². The summed E-state index contributed by atoms with van der Waals surface area (Å²) in [5.41, 5.74) is -3.75. The lowest BCUT2D eigenvalue weighted by Crippen LogP contribution is -2.23. The fourth-order valence-corrected chi connectivity index (χ4v) is 3.99. The minimum absolute atomic E-state index is 0.0313. The predicted molar refractivity (Wildman–Crippen MR) is 151 cm³/mol. The Morgan fingerprint density at radius 1 is 1.07 bits per heavy atom. The minimum atomic E-state index is -5.36. The van der Waals surface area contributed by atoms with Crippen molar-refractivity contribution >= 4 is 52.8 Å². The summed E-state index contributed by atoms with van der Waals surface area (Å²) in [6, 6.07) is 5.85. The number of aromatic nitrogens is 3. The van der Waals surface area contributed by atoms with Crippen LogP contribution < -0.4 is 16.0 Å². The molecule has 0 atom stereocenters. The van der Waals surface area contributed by atoms with E-state index in [1.54, 1.807) is 13.8 Å². The van der Waals surface area contributed by atoms with Crippen molar-refractivity contribution in [2.45, 2.75) is 39.5 Å². The average molecular weight is 641 g/mol. The lowest BCUT2D eigenvalue weighted by Gasteiger charge is -2.16. The van der Waals surface area contributed by atoms with Crippen molar-refractivity contribution < 1.29 is 35.9 Å². The molecular weight excluding hydrogens is 618 g/mol. The van der Waals surface area contributed by atoms with E-state index in [2.05, 4.69) is 31.0 Å². The van der Waals surface area contributed by atoms with E-state index in [-0.39, 0.29) is 51.4 Å². The molecule has 0 unspecified atom stereocenters. The van der Waals surface area contributed by atoms with Crippen molar-refractivity contribution in [1.29, 1.82) is 5.26 Å². The molecule has 17 heteroatoms. The summed E-state index contributed by atoms with van der Waals surface area (Å²) in [5, 5.41) is 20.9. The Kier molecular flexibility index (Phi) is 10.1. The fraction of sp³-hybridized carbons (Fsp3) is 0.259. The lowest BCUT2D eigenvalue weighted by atomic mass is 10.0. The van der Waals surface area contributed by atoms with Gasteiger partial charge in [0.25, 0.3) is 11.8 Å². The number of aryl methyl sites for hydroxylation is 1. The Balaban J connectivity index is 2.16. The molecule has 3 N–H and O–H groups in total. The van der Waals surface area contributed by atoms with Crippen molar-refractivity contribution in [1.82, 2.24) is 20.1 Å². The van der Waals surface area contributed by atoms with Gasteiger partial charge in [-0.15, -0.1) is 5.10 Å². The highest BCUT2D eigenvalue weighted by Gasteiger charge is 2.43. The number of aliphatic imine (C=N–C) groups is 1. The van der Waals surface area contributed by atoms with Gasteiger partial charge in [-0.05, 0) is 44.0 Å². The number of hydrogen-bond donors (Lipinski definition) is 3. The van der Waals surface area contributed by atoms with Crippen LogP contribution in [-0.4, -0.2) is 39.8 Å². The molecule has 10 nitrogen and oxygen atoms in total. The summed E-state index contributed by atoms with van der Waals surface area (Å²) < 4.78 is 81.0. The van der Waals surface area contributed by atoms with Gasteiger partial charge in [-0.3, -0.25) is 9.59 Å². The Bertz CT molecular complexity index is 1700. The van der Waals surface area contributed by atoms with Crippen LogP contribution in [0.2, 0.25) is 0 Å². The number of alkyl halides is 6. The molecule has 0 fully saturated rings. The molecule has 3 aromatic rings. The quantitative estimate of drug-likeness (QED) is 0.185. The molecule has 0 saturated heterocycles. The Labute approximate surface area is 251 Å². The maximum Gasteiger partial charge on any atom is 0.418 e. The summed E-state index contributed by atoms with van der Waals surface area (Å²) in [5.74, 6) is -2.53. The predicted octanol–water partition coefficient (Wildman–Crippen LogP) is 6.72. The zero-order valence-electron chi connectivity index (χ0n) is 23.4. The van der Waals surface area contributed by atoms with E-state index in [0.29, 0.717) is 12.0 Å².